The standard InChI is InChI=1S/C10H7N7O3/c11-7-3-5(17(18)19)1-2-6(7)10-14-9(16-20-10)8-12-4-13-15-8/h1-4H,11H2,(H,12,13,15). The summed E-state index contributed by atoms with van der Waals surface area (Å²) in [6.45, 7) is 0. The van der Waals surface area contributed by atoms with Crippen LogP contribution in [0.5, 0.6) is 0 Å². The number of hydrogen-bond acceptors (Lipinski definition) is 8. The highest BCUT2D eigenvalue weighted by atomic mass is 16.6. The lowest BCUT2D eigenvalue weighted by Gasteiger charge is -1.99. The van der Waals surface area contributed by atoms with Crippen LogP contribution in [0.15, 0.2) is 29.0 Å². The number of aromatic amines is 1. The molecule has 10 heteroatoms. The van der Waals surface area contributed by atoms with Gasteiger partial charge >= 0.3 is 0 Å². The summed E-state index contributed by atoms with van der Waals surface area (Å²) in [4.78, 5) is 18.1. The number of rotatable bonds is 3. The predicted octanol–water partition coefficient (Wildman–Crippen LogP) is 1.01. The van der Waals surface area contributed by atoms with Crippen LogP contribution in [-0.2, 0) is 0 Å². The Morgan fingerprint density at radius 3 is 2.90 bits per heavy atom. The molecule has 3 aromatic rings. The van der Waals surface area contributed by atoms with Crippen molar-refractivity contribution in [2.75, 3.05) is 5.73 Å². The van der Waals surface area contributed by atoms with Crippen LogP contribution in [0.4, 0.5) is 11.4 Å². The SMILES string of the molecule is Nc1cc([N+](=O)[O-])ccc1-c1nc(-c2ncn[nH]2)no1. The van der Waals surface area contributed by atoms with Crippen molar-refractivity contribution in [1.29, 1.82) is 0 Å². The lowest BCUT2D eigenvalue weighted by Crippen LogP contribution is -1.94. The number of nitrogens with zero attached hydrogens (tertiary/aromatic N) is 5. The van der Waals surface area contributed by atoms with Crippen LogP contribution in [0.2, 0.25) is 0 Å². The zero-order valence-electron chi connectivity index (χ0n) is 9.85. The number of nitro benzene ring substituents is 1. The minimum Gasteiger partial charge on any atom is -0.398 e. The first-order chi connectivity index (χ1) is 9.65. The molecule has 0 saturated heterocycles. The molecule has 0 fully saturated rings. The molecule has 0 aliphatic carbocycles. The van der Waals surface area contributed by atoms with Gasteiger partial charge in [-0.3, -0.25) is 15.2 Å². The van der Waals surface area contributed by atoms with Gasteiger partial charge in [0.25, 0.3) is 11.6 Å². The van der Waals surface area contributed by atoms with Gasteiger partial charge in [-0.2, -0.15) is 10.1 Å². The van der Waals surface area contributed by atoms with Crippen molar-refractivity contribution >= 4 is 11.4 Å². The second-order valence-corrected chi connectivity index (χ2v) is 3.79. The molecule has 0 saturated carbocycles. The summed E-state index contributed by atoms with van der Waals surface area (Å²) < 4.78 is 5.06. The molecule has 0 atom stereocenters. The van der Waals surface area contributed by atoms with Crippen molar-refractivity contribution in [3.05, 3.63) is 34.6 Å². The van der Waals surface area contributed by atoms with E-state index in [1.807, 2.05) is 0 Å². The molecule has 0 amide bonds. The second kappa shape index (κ2) is 4.42. The summed E-state index contributed by atoms with van der Waals surface area (Å²) in [6, 6.07) is 3.99. The highest BCUT2D eigenvalue weighted by molar-refractivity contribution is 5.73. The molecule has 2 aromatic heterocycles. The molecule has 20 heavy (non-hydrogen) atoms. The average Bonchev–Trinajstić information content (AvgIpc) is 3.09. The molecule has 0 unspecified atom stereocenters. The third kappa shape index (κ3) is 1.94. The van der Waals surface area contributed by atoms with E-state index < -0.39 is 4.92 Å². The number of non-ortho nitro benzene ring substituents is 1. The van der Waals surface area contributed by atoms with Crippen LogP contribution in [0, 0.1) is 10.1 Å². The van der Waals surface area contributed by atoms with Crippen LogP contribution in [0.1, 0.15) is 0 Å². The lowest BCUT2D eigenvalue weighted by atomic mass is 10.1. The van der Waals surface area contributed by atoms with Crippen LogP contribution in [0.3, 0.4) is 0 Å². The second-order valence-electron chi connectivity index (χ2n) is 3.79. The Balaban J connectivity index is 1.99. The van der Waals surface area contributed by atoms with Gasteiger partial charge in [-0.25, -0.2) is 4.98 Å². The summed E-state index contributed by atoms with van der Waals surface area (Å²) >= 11 is 0. The quantitative estimate of drug-likeness (QED) is 0.407. The van der Waals surface area contributed by atoms with Gasteiger partial charge in [0.05, 0.1) is 16.2 Å². The number of aromatic nitrogens is 5. The molecule has 2 heterocycles. The first kappa shape index (κ1) is 11.8. The van der Waals surface area contributed by atoms with Gasteiger partial charge in [-0.1, -0.05) is 5.16 Å². The zero-order chi connectivity index (χ0) is 14.1. The monoisotopic (exact) mass is 273 g/mol. The Hall–Kier alpha value is -3.30. The van der Waals surface area contributed by atoms with E-state index in [1.165, 1.54) is 24.5 Å². The largest absolute Gasteiger partial charge is 0.398 e. The molecule has 3 rings (SSSR count). The average molecular weight is 273 g/mol. The number of nitrogen functional groups attached to an aromatic ring is 1. The fourth-order valence-electron chi connectivity index (χ4n) is 1.60. The fraction of sp³-hybridized carbons (Fsp3) is 0. The highest BCUT2D eigenvalue weighted by Crippen LogP contribution is 2.28. The normalized spacial score (nSPS) is 10.6. The van der Waals surface area contributed by atoms with Gasteiger partial charge in [-0.15, -0.1) is 0 Å². The molecule has 100 valence electrons. The topological polar surface area (TPSA) is 150 Å². The zero-order valence-corrected chi connectivity index (χ0v) is 9.85. The Labute approximate surface area is 110 Å². The highest BCUT2D eigenvalue weighted by Gasteiger charge is 2.16. The van der Waals surface area contributed by atoms with Crippen LogP contribution in [-0.4, -0.2) is 30.2 Å². The maximum atomic E-state index is 10.6. The van der Waals surface area contributed by atoms with Gasteiger partial charge in [0.2, 0.25) is 5.82 Å². The van der Waals surface area contributed by atoms with Gasteiger partial charge in [-0.05, 0) is 6.07 Å². The maximum absolute atomic E-state index is 10.6. The van der Waals surface area contributed by atoms with E-state index in [0.717, 1.165) is 0 Å². The van der Waals surface area contributed by atoms with Crippen molar-refractivity contribution < 1.29 is 9.45 Å². The number of benzene rings is 1. The van der Waals surface area contributed by atoms with E-state index in [4.69, 9.17) is 10.3 Å². The van der Waals surface area contributed by atoms with Crippen LogP contribution < -0.4 is 5.73 Å². The Morgan fingerprint density at radius 2 is 2.25 bits per heavy atom. The molecule has 1 aromatic carbocycles. The van der Waals surface area contributed by atoms with Crippen LogP contribution >= 0.6 is 0 Å². The summed E-state index contributed by atoms with van der Waals surface area (Å²) in [5.74, 6) is 0.708. The minimum atomic E-state index is -0.534. The van der Waals surface area contributed by atoms with Crippen molar-refractivity contribution in [3.8, 4) is 23.1 Å². The van der Waals surface area contributed by atoms with Gasteiger partial charge < -0.3 is 10.3 Å². The van der Waals surface area contributed by atoms with Crippen molar-refractivity contribution in [2.45, 2.75) is 0 Å². The number of nitro groups is 1. The molecule has 0 radical (unpaired) electrons. The van der Waals surface area contributed by atoms with Crippen molar-refractivity contribution in [1.82, 2.24) is 25.3 Å². The van der Waals surface area contributed by atoms with E-state index in [2.05, 4.69) is 25.3 Å². The molecule has 0 aliphatic heterocycles. The molecule has 0 bridgehead atoms. The predicted molar refractivity (Wildman–Crippen MR) is 66.2 cm³/mol. The number of anilines is 1. The first-order valence-electron chi connectivity index (χ1n) is 5.39. The molecular weight excluding hydrogens is 266 g/mol. The number of hydrogen-bond donors (Lipinski definition) is 2. The fourth-order valence-corrected chi connectivity index (χ4v) is 1.60. The summed E-state index contributed by atoms with van der Waals surface area (Å²) in [5, 5.41) is 20.6. The maximum Gasteiger partial charge on any atom is 0.271 e. The molecular formula is C10H7N7O3. The van der Waals surface area contributed by atoms with Gasteiger partial charge in [0.15, 0.2) is 5.82 Å². The summed E-state index contributed by atoms with van der Waals surface area (Å²) in [5.41, 5.74) is 6.23. The summed E-state index contributed by atoms with van der Waals surface area (Å²) in [7, 11) is 0. The van der Waals surface area contributed by atoms with E-state index in [-0.39, 0.29) is 23.1 Å². The van der Waals surface area contributed by atoms with E-state index >= 15 is 0 Å². The molecule has 3 N–H and O–H groups in total. The minimum absolute atomic E-state index is 0.110. The lowest BCUT2D eigenvalue weighted by molar-refractivity contribution is -0.384. The van der Waals surface area contributed by atoms with E-state index in [1.54, 1.807) is 0 Å². The van der Waals surface area contributed by atoms with E-state index in [0.29, 0.717) is 11.4 Å². The Kier molecular flexibility index (Phi) is 2.60. The smallest absolute Gasteiger partial charge is 0.271 e. The summed E-state index contributed by atoms with van der Waals surface area (Å²) in [6.07, 6.45) is 1.31. The Bertz CT molecular complexity index is 765. The number of nitrogens with one attached hydrogen (secondary N) is 1. The first-order valence-corrected chi connectivity index (χ1v) is 5.39. The third-order valence-electron chi connectivity index (χ3n) is 2.53. The van der Waals surface area contributed by atoms with Crippen molar-refractivity contribution in [3.63, 3.8) is 0 Å². The van der Waals surface area contributed by atoms with Gasteiger partial charge in [0.1, 0.15) is 6.33 Å². The van der Waals surface area contributed by atoms with Crippen molar-refractivity contribution in [2.24, 2.45) is 0 Å². The molecule has 0 spiro atoms. The van der Waals surface area contributed by atoms with Crippen LogP contribution in [0.25, 0.3) is 23.1 Å². The van der Waals surface area contributed by atoms with Gasteiger partial charge in [0, 0.05) is 12.1 Å². The van der Waals surface area contributed by atoms with E-state index in [9.17, 15) is 10.1 Å². The Morgan fingerprint density at radius 1 is 1.40 bits per heavy atom. The molecule has 0 aliphatic rings. The third-order valence-corrected chi connectivity index (χ3v) is 2.53. The number of nitrogens with two attached hydrogens (primary N) is 1. The molecule has 10 nitrogen and oxygen atoms in total. The number of H-pyrrole nitrogens is 1.